The molecule has 27 heavy (non-hydrogen) atoms. The molecule has 5 nitrogen and oxygen atoms in total. The quantitative estimate of drug-likeness (QED) is 0.636. The summed E-state index contributed by atoms with van der Waals surface area (Å²) >= 11 is 0. The molecule has 1 amide bonds. The number of nitrogens with zero attached hydrogens (tertiary/aromatic N) is 2. The fourth-order valence-corrected chi connectivity index (χ4v) is 2.72. The number of amides is 1. The van der Waals surface area contributed by atoms with Crippen molar-refractivity contribution in [1.29, 1.82) is 0 Å². The highest BCUT2D eigenvalue weighted by Gasteiger charge is 2.13. The lowest BCUT2D eigenvalue weighted by atomic mass is 10.2. The van der Waals surface area contributed by atoms with Gasteiger partial charge in [-0.3, -0.25) is 9.78 Å². The van der Waals surface area contributed by atoms with Crippen molar-refractivity contribution in [3.8, 4) is 11.5 Å². The number of rotatable bonds is 7. The summed E-state index contributed by atoms with van der Waals surface area (Å²) in [6, 6.07) is 19.1. The van der Waals surface area contributed by atoms with Gasteiger partial charge in [0.2, 0.25) is 0 Å². The third kappa shape index (κ3) is 4.85. The number of hydrogen-bond acceptors (Lipinski definition) is 4. The molecule has 1 aromatic heterocycles. The van der Waals surface area contributed by atoms with Crippen LogP contribution in [0.3, 0.4) is 0 Å². The summed E-state index contributed by atoms with van der Waals surface area (Å²) < 4.78 is 5.79. The first-order chi connectivity index (χ1) is 13.2. The number of ether oxygens (including phenoxy) is 1. The molecule has 0 aliphatic rings. The molecule has 3 rings (SSSR count). The average molecular weight is 361 g/mol. The van der Waals surface area contributed by atoms with Crippen molar-refractivity contribution in [3.05, 3.63) is 78.6 Å². The van der Waals surface area contributed by atoms with E-state index in [-0.39, 0.29) is 5.91 Å². The molecule has 3 aromatic rings. The maximum Gasteiger partial charge on any atom is 0.255 e. The molecule has 2 aromatic carbocycles. The maximum atomic E-state index is 12.5. The molecule has 0 aliphatic heterocycles. The Morgan fingerprint density at radius 3 is 2.26 bits per heavy atom. The summed E-state index contributed by atoms with van der Waals surface area (Å²) in [4.78, 5) is 18.4. The predicted molar refractivity (Wildman–Crippen MR) is 108 cm³/mol. The molecular weight excluding hydrogens is 338 g/mol. The predicted octanol–water partition coefficient (Wildman–Crippen LogP) is 5.10. The lowest BCUT2D eigenvalue weighted by molar-refractivity contribution is 0.0772. The number of benzene rings is 2. The van der Waals surface area contributed by atoms with Crippen molar-refractivity contribution < 1.29 is 9.53 Å². The Kier molecular flexibility index (Phi) is 6.05. The first-order valence-corrected chi connectivity index (χ1v) is 9.04. The zero-order valence-corrected chi connectivity index (χ0v) is 15.6. The second-order valence-electron chi connectivity index (χ2n) is 6.00. The number of hydrogen-bond donors (Lipinski definition) is 1. The van der Waals surface area contributed by atoms with E-state index in [4.69, 9.17) is 4.74 Å². The van der Waals surface area contributed by atoms with Crippen molar-refractivity contribution in [2.75, 3.05) is 18.4 Å². The molecule has 0 radical (unpaired) electrons. The normalized spacial score (nSPS) is 10.3. The monoisotopic (exact) mass is 361 g/mol. The summed E-state index contributed by atoms with van der Waals surface area (Å²) in [6.45, 7) is 5.29. The van der Waals surface area contributed by atoms with Gasteiger partial charge in [0.25, 0.3) is 5.91 Å². The molecule has 0 saturated heterocycles. The van der Waals surface area contributed by atoms with Crippen LogP contribution in [0.4, 0.5) is 11.4 Å². The van der Waals surface area contributed by atoms with Gasteiger partial charge in [0.1, 0.15) is 11.5 Å². The van der Waals surface area contributed by atoms with E-state index in [1.165, 1.54) is 0 Å². The Labute approximate surface area is 159 Å². The van der Waals surface area contributed by atoms with Crippen molar-refractivity contribution in [2.24, 2.45) is 0 Å². The van der Waals surface area contributed by atoms with Crippen LogP contribution in [0.5, 0.6) is 11.5 Å². The number of anilines is 2. The third-order valence-corrected chi connectivity index (χ3v) is 4.16. The van der Waals surface area contributed by atoms with Crippen molar-refractivity contribution in [2.45, 2.75) is 13.8 Å². The summed E-state index contributed by atoms with van der Waals surface area (Å²) in [5.41, 5.74) is 2.24. The lowest BCUT2D eigenvalue weighted by Gasteiger charge is -2.18. The molecule has 0 spiro atoms. The smallest absolute Gasteiger partial charge is 0.255 e. The van der Waals surface area contributed by atoms with Crippen LogP contribution < -0.4 is 10.1 Å². The van der Waals surface area contributed by atoms with E-state index >= 15 is 0 Å². The van der Waals surface area contributed by atoms with Crippen molar-refractivity contribution >= 4 is 17.3 Å². The highest BCUT2D eigenvalue weighted by molar-refractivity contribution is 5.94. The van der Waals surface area contributed by atoms with Crippen LogP contribution in [0.2, 0.25) is 0 Å². The Balaban J connectivity index is 1.68. The van der Waals surface area contributed by atoms with E-state index in [0.717, 1.165) is 22.9 Å². The number of carbonyl (C=O) groups is 1. The van der Waals surface area contributed by atoms with Gasteiger partial charge in [0, 0.05) is 25.0 Å². The van der Waals surface area contributed by atoms with E-state index < -0.39 is 0 Å². The molecule has 1 heterocycles. The topological polar surface area (TPSA) is 54.5 Å². The summed E-state index contributed by atoms with van der Waals surface area (Å²) in [5, 5.41) is 3.28. The molecule has 0 atom stereocenters. The number of pyridine rings is 1. The average Bonchev–Trinajstić information content (AvgIpc) is 2.71. The molecule has 0 aliphatic carbocycles. The Morgan fingerprint density at radius 2 is 1.59 bits per heavy atom. The van der Waals surface area contributed by atoms with Crippen molar-refractivity contribution in [3.63, 3.8) is 0 Å². The van der Waals surface area contributed by atoms with E-state index in [0.29, 0.717) is 18.7 Å². The summed E-state index contributed by atoms with van der Waals surface area (Å²) in [6.07, 6.45) is 3.30. The van der Waals surface area contributed by atoms with Crippen LogP contribution in [0.1, 0.15) is 24.2 Å². The molecule has 0 saturated carbocycles. The Bertz CT molecular complexity index is 876. The van der Waals surface area contributed by atoms with Crippen LogP contribution in [-0.4, -0.2) is 28.9 Å². The minimum absolute atomic E-state index is 0.0113. The molecule has 0 fully saturated rings. The zero-order chi connectivity index (χ0) is 19.1. The molecule has 138 valence electrons. The van der Waals surface area contributed by atoms with Crippen LogP contribution in [0.15, 0.2) is 73.1 Å². The number of nitrogens with one attached hydrogen (secondary N) is 1. The van der Waals surface area contributed by atoms with Gasteiger partial charge in [-0.1, -0.05) is 18.2 Å². The fourth-order valence-electron chi connectivity index (χ4n) is 2.72. The van der Waals surface area contributed by atoms with Crippen LogP contribution in [-0.2, 0) is 0 Å². The Morgan fingerprint density at radius 1 is 0.926 bits per heavy atom. The third-order valence-electron chi connectivity index (χ3n) is 4.16. The van der Waals surface area contributed by atoms with Gasteiger partial charge in [-0.05, 0) is 56.3 Å². The van der Waals surface area contributed by atoms with Crippen molar-refractivity contribution in [1.82, 2.24) is 9.88 Å². The SMILES string of the molecule is CCN(CC)C(=O)c1cncc(Nc2ccc(Oc3ccccc3)cc2)c1. The highest BCUT2D eigenvalue weighted by atomic mass is 16.5. The minimum Gasteiger partial charge on any atom is -0.457 e. The number of para-hydroxylation sites is 1. The highest BCUT2D eigenvalue weighted by Crippen LogP contribution is 2.24. The Hall–Kier alpha value is -3.34. The number of carbonyl (C=O) groups excluding carboxylic acids is 1. The molecule has 5 heteroatoms. The van der Waals surface area contributed by atoms with Gasteiger partial charge in [-0.25, -0.2) is 0 Å². The first-order valence-electron chi connectivity index (χ1n) is 9.04. The van der Waals surface area contributed by atoms with Gasteiger partial charge >= 0.3 is 0 Å². The van der Waals surface area contributed by atoms with E-state index in [9.17, 15) is 4.79 Å². The second kappa shape index (κ2) is 8.85. The molecule has 0 bridgehead atoms. The lowest BCUT2D eigenvalue weighted by Crippen LogP contribution is -2.30. The van der Waals surface area contributed by atoms with Crippen LogP contribution >= 0.6 is 0 Å². The summed E-state index contributed by atoms with van der Waals surface area (Å²) in [7, 11) is 0. The van der Waals surface area contributed by atoms with Gasteiger partial charge in [-0.2, -0.15) is 0 Å². The molecule has 1 N–H and O–H groups in total. The van der Waals surface area contributed by atoms with Gasteiger partial charge in [-0.15, -0.1) is 0 Å². The van der Waals surface area contributed by atoms with Gasteiger partial charge in [0.05, 0.1) is 17.4 Å². The second-order valence-corrected chi connectivity index (χ2v) is 6.00. The van der Waals surface area contributed by atoms with Crippen LogP contribution in [0.25, 0.3) is 0 Å². The van der Waals surface area contributed by atoms with Gasteiger partial charge < -0.3 is 15.0 Å². The standard InChI is InChI=1S/C22H23N3O2/c1-3-25(4-2)22(26)17-14-19(16-23-15-17)24-18-10-12-21(13-11-18)27-20-8-6-5-7-9-20/h5-16,24H,3-4H2,1-2H3. The molecule has 0 unspecified atom stereocenters. The number of aromatic nitrogens is 1. The van der Waals surface area contributed by atoms with Crippen LogP contribution in [0, 0.1) is 0 Å². The minimum atomic E-state index is -0.0113. The molecular formula is C22H23N3O2. The summed E-state index contributed by atoms with van der Waals surface area (Å²) in [5.74, 6) is 1.54. The van der Waals surface area contributed by atoms with E-state index in [2.05, 4.69) is 10.3 Å². The largest absolute Gasteiger partial charge is 0.457 e. The fraction of sp³-hybridized carbons (Fsp3) is 0.182. The zero-order valence-electron chi connectivity index (χ0n) is 15.6. The van der Waals surface area contributed by atoms with E-state index in [1.807, 2.05) is 74.5 Å². The first kappa shape index (κ1) is 18.5. The maximum absolute atomic E-state index is 12.5. The van der Waals surface area contributed by atoms with E-state index in [1.54, 1.807) is 17.3 Å². The van der Waals surface area contributed by atoms with Gasteiger partial charge in [0.15, 0.2) is 0 Å².